The number of morpholine rings is 1. The minimum Gasteiger partial charge on any atom is -0.379 e. The molecule has 7 heteroatoms. The van der Waals surface area contributed by atoms with Gasteiger partial charge in [-0.25, -0.2) is 0 Å². The summed E-state index contributed by atoms with van der Waals surface area (Å²) in [6, 6.07) is 11.5. The summed E-state index contributed by atoms with van der Waals surface area (Å²) < 4.78 is 5.33. The van der Waals surface area contributed by atoms with Gasteiger partial charge in [0, 0.05) is 26.2 Å². The number of amides is 1. The standard InChI is InChI=1S/C19H25N5O2/c1-15-3-2-4-16(13-15)14-19(25)21-18-6-5-17(22-23-18)20-7-8-24-9-11-26-12-10-24/h2-6,13H,7-12,14H2,1H3,(H,20,22)(H,21,23,25). The topological polar surface area (TPSA) is 79.4 Å². The molecule has 0 radical (unpaired) electrons. The van der Waals surface area contributed by atoms with E-state index in [1.807, 2.05) is 37.3 Å². The van der Waals surface area contributed by atoms with Crippen molar-refractivity contribution in [3.63, 3.8) is 0 Å². The van der Waals surface area contributed by atoms with Crippen molar-refractivity contribution in [3.05, 3.63) is 47.5 Å². The molecule has 1 aliphatic heterocycles. The van der Waals surface area contributed by atoms with Gasteiger partial charge in [0.1, 0.15) is 5.82 Å². The Morgan fingerprint density at radius 1 is 1.15 bits per heavy atom. The van der Waals surface area contributed by atoms with Gasteiger partial charge in [0.2, 0.25) is 5.91 Å². The quantitative estimate of drug-likeness (QED) is 0.787. The van der Waals surface area contributed by atoms with Crippen LogP contribution in [0.5, 0.6) is 0 Å². The highest BCUT2D eigenvalue weighted by Crippen LogP contribution is 2.09. The third-order valence-corrected chi connectivity index (χ3v) is 4.22. The second kappa shape index (κ2) is 9.26. The van der Waals surface area contributed by atoms with Gasteiger partial charge in [-0.15, -0.1) is 10.2 Å². The molecule has 1 fully saturated rings. The monoisotopic (exact) mass is 355 g/mol. The molecular formula is C19H25N5O2. The largest absolute Gasteiger partial charge is 0.379 e. The van der Waals surface area contributed by atoms with Crippen LogP contribution in [0.15, 0.2) is 36.4 Å². The van der Waals surface area contributed by atoms with Crippen LogP contribution in [0.2, 0.25) is 0 Å². The Hall–Kier alpha value is -2.51. The van der Waals surface area contributed by atoms with Gasteiger partial charge in [-0.05, 0) is 24.6 Å². The fraction of sp³-hybridized carbons (Fsp3) is 0.421. The van der Waals surface area contributed by atoms with Crippen LogP contribution in [-0.4, -0.2) is 60.4 Å². The smallest absolute Gasteiger partial charge is 0.229 e. The lowest BCUT2D eigenvalue weighted by molar-refractivity contribution is -0.115. The number of carbonyl (C=O) groups excluding carboxylic acids is 1. The van der Waals surface area contributed by atoms with Gasteiger partial charge < -0.3 is 15.4 Å². The lowest BCUT2D eigenvalue weighted by atomic mass is 10.1. The van der Waals surface area contributed by atoms with Gasteiger partial charge in [-0.1, -0.05) is 29.8 Å². The number of hydrogen-bond donors (Lipinski definition) is 2. The molecule has 0 spiro atoms. The second-order valence-electron chi connectivity index (χ2n) is 6.40. The van der Waals surface area contributed by atoms with E-state index in [0.29, 0.717) is 18.1 Å². The van der Waals surface area contributed by atoms with Crippen LogP contribution in [0.1, 0.15) is 11.1 Å². The Bertz CT molecular complexity index is 714. The van der Waals surface area contributed by atoms with Crippen molar-refractivity contribution in [1.29, 1.82) is 0 Å². The molecule has 1 aromatic heterocycles. The molecule has 0 saturated carbocycles. The van der Waals surface area contributed by atoms with E-state index < -0.39 is 0 Å². The highest BCUT2D eigenvalue weighted by molar-refractivity contribution is 5.91. The maximum atomic E-state index is 12.1. The van der Waals surface area contributed by atoms with Crippen molar-refractivity contribution < 1.29 is 9.53 Å². The molecule has 0 unspecified atom stereocenters. The highest BCUT2D eigenvalue weighted by Gasteiger charge is 2.10. The van der Waals surface area contributed by atoms with Gasteiger partial charge in [0.25, 0.3) is 0 Å². The summed E-state index contributed by atoms with van der Waals surface area (Å²) in [4.78, 5) is 14.5. The second-order valence-corrected chi connectivity index (χ2v) is 6.40. The van der Waals surface area contributed by atoms with E-state index in [1.165, 1.54) is 0 Å². The van der Waals surface area contributed by atoms with Crippen LogP contribution in [0.4, 0.5) is 11.6 Å². The van der Waals surface area contributed by atoms with Crippen LogP contribution in [0, 0.1) is 6.92 Å². The minimum absolute atomic E-state index is 0.0991. The van der Waals surface area contributed by atoms with E-state index >= 15 is 0 Å². The molecule has 26 heavy (non-hydrogen) atoms. The van der Waals surface area contributed by atoms with E-state index in [9.17, 15) is 4.79 Å². The van der Waals surface area contributed by atoms with Crippen molar-refractivity contribution in [2.24, 2.45) is 0 Å². The fourth-order valence-electron chi connectivity index (χ4n) is 2.85. The molecule has 1 amide bonds. The van der Waals surface area contributed by atoms with E-state index in [2.05, 4.69) is 25.7 Å². The molecule has 0 atom stereocenters. The average Bonchev–Trinajstić information content (AvgIpc) is 2.64. The molecule has 2 heterocycles. The predicted octanol–water partition coefficient (Wildman–Crippen LogP) is 1.71. The van der Waals surface area contributed by atoms with Gasteiger partial charge in [-0.2, -0.15) is 0 Å². The maximum absolute atomic E-state index is 12.1. The summed E-state index contributed by atoms with van der Waals surface area (Å²) in [6.07, 6.45) is 0.322. The van der Waals surface area contributed by atoms with Crippen molar-refractivity contribution in [3.8, 4) is 0 Å². The first-order valence-corrected chi connectivity index (χ1v) is 8.92. The van der Waals surface area contributed by atoms with Crippen LogP contribution in [0.25, 0.3) is 0 Å². The molecule has 0 aliphatic carbocycles. The Balaban J connectivity index is 1.42. The number of rotatable bonds is 7. The molecule has 1 aliphatic rings. The zero-order valence-corrected chi connectivity index (χ0v) is 15.1. The molecule has 138 valence electrons. The van der Waals surface area contributed by atoms with E-state index in [0.717, 1.165) is 50.5 Å². The number of ether oxygens (including phenoxy) is 1. The van der Waals surface area contributed by atoms with Crippen molar-refractivity contribution in [2.45, 2.75) is 13.3 Å². The van der Waals surface area contributed by atoms with Gasteiger partial charge >= 0.3 is 0 Å². The highest BCUT2D eigenvalue weighted by atomic mass is 16.5. The summed E-state index contributed by atoms with van der Waals surface area (Å²) in [6.45, 7) is 7.30. The minimum atomic E-state index is -0.0991. The Morgan fingerprint density at radius 3 is 2.65 bits per heavy atom. The van der Waals surface area contributed by atoms with Crippen molar-refractivity contribution >= 4 is 17.5 Å². The Morgan fingerprint density at radius 2 is 1.92 bits per heavy atom. The fourth-order valence-corrected chi connectivity index (χ4v) is 2.85. The SMILES string of the molecule is Cc1cccc(CC(=O)Nc2ccc(NCCN3CCOCC3)nn2)c1. The number of carbonyl (C=O) groups is 1. The van der Waals surface area contributed by atoms with Gasteiger partial charge in [-0.3, -0.25) is 9.69 Å². The number of hydrogen-bond acceptors (Lipinski definition) is 6. The van der Waals surface area contributed by atoms with E-state index in [1.54, 1.807) is 6.07 Å². The van der Waals surface area contributed by atoms with Crippen LogP contribution < -0.4 is 10.6 Å². The van der Waals surface area contributed by atoms with Crippen LogP contribution in [-0.2, 0) is 16.0 Å². The lowest BCUT2D eigenvalue weighted by Gasteiger charge is -2.26. The first kappa shape index (κ1) is 18.3. The maximum Gasteiger partial charge on any atom is 0.229 e. The zero-order chi connectivity index (χ0) is 18.2. The third kappa shape index (κ3) is 5.79. The molecule has 2 N–H and O–H groups in total. The molecule has 3 rings (SSSR count). The predicted molar refractivity (Wildman–Crippen MR) is 101 cm³/mol. The molecule has 1 aromatic carbocycles. The number of anilines is 2. The third-order valence-electron chi connectivity index (χ3n) is 4.22. The number of nitrogens with one attached hydrogen (secondary N) is 2. The molecule has 0 bridgehead atoms. The Kier molecular flexibility index (Phi) is 6.51. The van der Waals surface area contributed by atoms with E-state index in [-0.39, 0.29) is 5.91 Å². The summed E-state index contributed by atoms with van der Waals surface area (Å²) in [5.41, 5.74) is 2.12. The summed E-state index contributed by atoms with van der Waals surface area (Å²) in [5, 5.41) is 14.2. The molecule has 1 saturated heterocycles. The normalized spacial score (nSPS) is 14.8. The average molecular weight is 355 g/mol. The summed E-state index contributed by atoms with van der Waals surface area (Å²) in [5.74, 6) is 1.06. The molecule has 7 nitrogen and oxygen atoms in total. The number of nitrogens with zero attached hydrogens (tertiary/aromatic N) is 3. The van der Waals surface area contributed by atoms with Gasteiger partial charge in [0.05, 0.1) is 19.6 Å². The summed E-state index contributed by atoms with van der Waals surface area (Å²) in [7, 11) is 0. The number of aromatic nitrogens is 2. The zero-order valence-electron chi connectivity index (χ0n) is 15.1. The van der Waals surface area contributed by atoms with Crippen molar-refractivity contribution in [1.82, 2.24) is 15.1 Å². The van der Waals surface area contributed by atoms with E-state index in [4.69, 9.17) is 4.74 Å². The molecule has 2 aromatic rings. The first-order valence-electron chi connectivity index (χ1n) is 8.92. The van der Waals surface area contributed by atoms with Crippen LogP contribution >= 0.6 is 0 Å². The number of aryl methyl sites for hydroxylation is 1. The number of benzene rings is 1. The lowest BCUT2D eigenvalue weighted by Crippen LogP contribution is -2.39. The first-order chi connectivity index (χ1) is 12.7. The molecular weight excluding hydrogens is 330 g/mol. The summed E-state index contributed by atoms with van der Waals surface area (Å²) >= 11 is 0. The van der Waals surface area contributed by atoms with Crippen molar-refractivity contribution in [2.75, 3.05) is 50.0 Å². The Labute approximate surface area is 153 Å². The van der Waals surface area contributed by atoms with Crippen LogP contribution in [0.3, 0.4) is 0 Å². The van der Waals surface area contributed by atoms with Gasteiger partial charge in [0.15, 0.2) is 5.82 Å².